The number of nitrogens with one attached hydrogen (secondary N) is 1. The van der Waals surface area contributed by atoms with Crippen molar-refractivity contribution in [2.24, 2.45) is 0 Å². The zero-order valence-corrected chi connectivity index (χ0v) is 21.5. The quantitative estimate of drug-likeness (QED) is 0.401. The summed E-state index contributed by atoms with van der Waals surface area (Å²) in [6.45, 7) is 8.12. The van der Waals surface area contributed by atoms with E-state index in [2.05, 4.69) is 29.6 Å². The van der Waals surface area contributed by atoms with Gasteiger partial charge in [0.15, 0.2) is 0 Å². The number of nitrogens with zero attached hydrogens (tertiary/aromatic N) is 1. The Bertz CT molecular complexity index is 885. The van der Waals surface area contributed by atoms with Crippen LogP contribution in [0.1, 0.15) is 50.3 Å². The largest absolute Gasteiger partial charge is 0.352 e. The standard InChI is InChI=1S/C25H32Cl2N2O2S/c1-5-18(4)28-25(31)23(6-2)29(14-20-21(26)8-7-9-22(20)27)24(30)16-32-15-19-12-10-17(3)11-13-19/h7-13,18,23H,5-6,14-16H2,1-4H3,(H,28,31)/t18-,23+/m0/s1. The highest BCUT2D eigenvalue weighted by molar-refractivity contribution is 7.99. The van der Waals surface area contributed by atoms with Crippen molar-refractivity contribution in [3.8, 4) is 0 Å². The van der Waals surface area contributed by atoms with E-state index in [1.165, 1.54) is 17.3 Å². The Balaban J connectivity index is 2.20. The lowest BCUT2D eigenvalue weighted by molar-refractivity contribution is -0.139. The molecule has 0 heterocycles. The van der Waals surface area contributed by atoms with E-state index in [0.29, 0.717) is 22.0 Å². The molecular formula is C25H32Cl2N2O2S. The molecule has 32 heavy (non-hydrogen) atoms. The number of halogens is 2. The maximum atomic E-state index is 13.3. The van der Waals surface area contributed by atoms with Crippen LogP contribution in [0.2, 0.25) is 10.0 Å². The molecule has 0 aromatic heterocycles. The van der Waals surface area contributed by atoms with Crippen molar-refractivity contribution < 1.29 is 9.59 Å². The van der Waals surface area contributed by atoms with Crippen LogP contribution in [0.3, 0.4) is 0 Å². The molecule has 174 valence electrons. The third-order valence-corrected chi connectivity index (χ3v) is 7.09. The molecule has 2 atom stereocenters. The van der Waals surface area contributed by atoms with Crippen LogP contribution in [0.15, 0.2) is 42.5 Å². The number of carbonyl (C=O) groups excluding carboxylic acids is 2. The van der Waals surface area contributed by atoms with E-state index in [1.54, 1.807) is 23.1 Å². The lowest BCUT2D eigenvalue weighted by Crippen LogP contribution is -2.51. The number of carbonyl (C=O) groups is 2. The van der Waals surface area contributed by atoms with Gasteiger partial charge in [-0.2, -0.15) is 0 Å². The molecule has 2 aromatic rings. The summed E-state index contributed by atoms with van der Waals surface area (Å²) in [5.74, 6) is 0.734. The molecule has 0 saturated carbocycles. The van der Waals surface area contributed by atoms with E-state index < -0.39 is 6.04 Å². The maximum absolute atomic E-state index is 13.3. The molecule has 0 fully saturated rings. The van der Waals surface area contributed by atoms with Crippen molar-refractivity contribution in [3.63, 3.8) is 0 Å². The molecule has 0 aliphatic heterocycles. The summed E-state index contributed by atoms with van der Waals surface area (Å²) in [5.41, 5.74) is 3.02. The molecule has 0 spiro atoms. The number of hydrogen-bond acceptors (Lipinski definition) is 3. The number of amides is 2. The van der Waals surface area contributed by atoms with Gasteiger partial charge in [-0.1, -0.05) is 72.9 Å². The monoisotopic (exact) mass is 494 g/mol. The molecule has 0 aliphatic carbocycles. The van der Waals surface area contributed by atoms with Crippen molar-refractivity contribution in [2.75, 3.05) is 5.75 Å². The van der Waals surface area contributed by atoms with E-state index in [4.69, 9.17) is 23.2 Å². The maximum Gasteiger partial charge on any atom is 0.243 e. The summed E-state index contributed by atoms with van der Waals surface area (Å²) in [6.07, 6.45) is 1.32. The average Bonchev–Trinajstić information content (AvgIpc) is 2.76. The van der Waals surface area contributed by atoms with Crippen LogP contribution in [0.4, 0.5) is 0 Å². The van der Waals surface area contributed by atoms with E-state index in [1.807, 2.05) is 27.7 Å². The third kappa shape index (κ3) is 7.72. The fourth-order valence-corrected chi connectivity index (χ4v) is 4.63. The number of hydrogen-bond donors (Lipinski definition) is 1. The summed E-state index contributed by atoms with van der Waals surface area (Å²) in [6, 6.07) is 13.0. The second kappa shape index (κ2) is 13.1. The van der Waals surface area contributed by atoms with E-state index in [0.717, 1.165) is 17.7 Å². The Kier molecular flexibility index (Phi) is 10.9. The van der Waals surface area contributed by atoms with Gasteiger partial charge in [-0.3, -0.25) is 9.59 Å². The zero-order chi connectivity index (χ0) is 23.7. The molecule has 1 N–H and O–H groups in total. The van der Waals surface area contributed by atoms with Gasteiger partial charge in [-0.25, -0.2) is 0 Å². The Hall–Kier alpha value is -1.69. The fourth-order valence-electron chi connectivity index (χ4n) is 3.24. The first-order chi connectivity index (χ1) is 15.3. The molecule has 0 aliphatic rings. The van der Waals surface area contributed by atoms with Crippen LogP contribution >= 0.6 is 35.0 Å². The van der Waals surface area contributed by atoms with Gasteiger partial charge in [-0.15, -0.1) is 11.8 Å². The molecule has 0 bridgehead atoms. The van der Waals surface area contributed by atoms with E-state index in [-0.39, 0.29) is 30.2 Å². The second-order valence-corrected chi connectivity index (χ2v) is 9.74. The summed E-state index contributed by atoms with van der Waals surface area (Å²) >= 11 is 14.3. The minimum absolute atomic E-state index is 0.0355. The number of benzene rings is 2. The van der Waals surface area contributed by atoms with E-state index >= 15 is 0 Å². The fraction of sp³-hybridized carbons (Fsp3) is 0.440. The zero-order valence-electron chi connectivity index (χ0n) is 19.2. The highest BCUT2D eigenvalue weighted by Crippen LogP contribution is 2.27. The summed E-state index contributed by atoms with van der Waals surface area (Å²) in [7, 11) is 0. The third-order valence-electron chi connectivity index (χ3n) is 5.39. The van der Waals surface area contributed by atoms with Crippen LogP contribution in [-0.2, 0) is 21.9 Å². The predicted octanol–water partition coefficient (Wildman–Crippen LogP) is 6.26. The van der Waals surface area contributed by atoms with Crippen LogP contribution < -0.4 is 5.32 Å². The van der Waals surface area contributed by atoms with Crippen molar-refractivity contribution in [3.05, 3.63) is 69.2 Å². The predicted molar refractivity (Wildman–Crippen MR) is 136 cm³/mol. The number of thioether (sulfide) groups is 1. The highest BCUT2D eigenvalue weighted by atomic mass is 35.5. The first kappa shape index (κ1) is 26.6. The molecule has 4 nitrogen and oxygen atoms in total. The van der Waals surface area contributed by atoms with Crippen LogP contribution in [-0.4, -0.2) is 34.6 Å². The average molecular weight is 496 g/mol. The van der Waals surface area contributed by atoms with Crippen LogP contribution in [0, 0.1) is 6.92 Å². The first-order valence-electron chi connectivity index (χ1n) is 10.9. The molecule has 0 saturated heterocycles. The number of rotatable bonds is 11. The normalized spacial score (nSPS) is 12.8. The molecule has 2 rings (SSSR count). The van der Waals surface area contributed by atoms with Gasteiger partial charge in [-0.05, 0) is 44.4 Å². The van der Waals surface area contributed by atoms with Gasteiger partial charge in [0, 0.05) is 33.9 Å². The highest BCUT2D eigenvalue weighted by Gasteiger charge is 2.30. The van der Waals surface area contributed by atoms with Crippen molar-refractivity contribution in [1.29, 1.82) is 0 Å². The minimum atomic E-state index is -0.594. The van der Waals surface area contributed by atoms with Crippen molar-refractivity contribution in [2.45, 2.75) is 64.9 Å². The molecular weight excluding hydrogens is 463 g/mol. The van der Waals surface area contributed by atoms with Crippen LogP contribution in [0.25, 0.3) is 0 Å². The molecule has 0 radical (unpaired) electrons. The molecule has 2 amide bonds. The Morgan fingerprint density at radius 3 is 2.22 bits per heavy atom. The number of aryl methyl sites for hydroxylation is 1. The Morgan fingerprint density at radius 2 is 1.66 bits per heavy atom. The van der Waals surface area contributed by atoms with E-state index in [9.17, 15) is 9.59 Å². The van der Waals surface area contributed by atoms with Gasteiger partial charge in [0.2, 0.25) is 11.8 Å². The molecule has 7 heteroatoms. The van der Waals surface area contributed by atoms with Gasteiger partial charge in [0.1, 0.15) is 6.04 Å². The summed E-state index contributed by atoms with van der Waals surface area (Å²) in [4.78, 5) is 27.9. The van der Waals surface area contributed by atoms with Gasteiger partial charge < -0.3 is 10.2 Å². The minimum Gasteiger partial charge on any atom is -0.352 e. The second-order valence-electron chi connectivity index (χ2n) is 7.94. The summed E-state index contributed by atoms with van der Waals surface area (Å²) in [5, 5.41) is 3.98. The lowest BCUT2D eigenvalue weighted by Gasteiger charge is -2.32. The Morgan fingerprint density at radius 1 is 1.03 bits per heavy atom. The first-order valence-corrected chi connectivity index (χ1v) is 12.8. The molecule has 0 unspecified atom stereocenters. The summed E-state index contributed by atoms with van der Waals surface area (Å²) < 4.78 is 0. The molecule has 2 aromatic carbocycles. The Labute approximate surface area is 206 Å². The van der Waals surface area contributed by atoms with Gasteiger partial charge >= 0.3 is 0 Å². The van der Waals surface area contributed by atoms with Gasteiger partial charge in [0.25, 0.3) is 0 Å². The van der Waals surface area contributed by atoms with Crippen LogP contribution in [0.5, 0.6) is 0 Å². The van der Waals surface area contributed by atoms with Crippen molar-refractivity contribution >= 4 is 46.8 Å². The van der Waals surface area contributed by atoms with Crippen molar-refractivity contribution in [1.82, 2.24) is 10.2 Å². The smallest absolute Gasteiger partial charge is 0.243 e. The SMILES string of the molecule is CC[C@H](C(=O)N[C@@H](C)CC)N(Cc1c(Cl)cccc1Cl)C(=O)CSCc1ccc(C)cc1. The lowest BCUT2D eigenvalue weighted by atomic mass is 10.1. The topological polar surface area (TPSA) is 49.4 Å². The van der Waals surface area contributed by atoms with Gasteiger partial charge in [0.05, 0.1) is 5.75 Å².